The Morgan fingerprint density at radius 2 is 1.93 bits per heavy atom. The molecule has 4 rings (SSSR count). The van der Waals surface area contributed by atoms with Gasteiger partial charge in [-0.05, 0) is 6.07 Å². The van der Waals surface area contributed by atoms with E-state index >= 15 is 0 Å². The van der Waals surface area contributed by atoms with Crippen LogP contribution in [-0.4, -0.2) is 25.7 Å². The van der Waals surface area contributed by atoms with Crippen LogP contribution in [0.2, 0.25) is 0 Å². The van der Waals surface area contributed by atoms with Crippen molar-refractivity contribution in [3.63, 3.8) is 0 Å². The van der Waals surface area contributed by atoms with Gasteiger partial charge in [0.2, 0.25) is 0 Å². The average molecular weight is 408 g/mol. The highest BCUT2D eigenvalue weighted by molar-refractivity contribution is 6.05. The van der Waals surface area contributed by atoms with E-state index in [4.69, 9.17) is 6.57 Å². The number of anilines is 1. The Labute approximate surface area is 167 Å². The van der Waals surface area contributed by atoms with E-state index in [0.717, 1.165) is 6.20 Å². The monoisotopic (exact) mass is 408 g/mol. The van der Waals surface area contributed by atoms with Crippen LogP contribution in [0.15, 0.2) is 61.2 Å². The van der Waals surface area contributed by atoms with Crippen molar-refractivity contribution in [3.05, 3.63) is 83.9 Å². The van der Waals surface area contributed by atoms with Crippen LogP contribution in [0, 0.1) is 6.57 Å². The van der Waals surface area contributed by atoms with E-state index in [2.05, 4.69) is 25.2 Å². The Morgan fingerprint density at radius 1 is 1.13 bits per heavy atom. The van der Waals surface area contributed by atoms with Gasteiger partial charge in [-0.15, -0.1) is 4.98 Å². The molecule has 0 aliphatic carbocycles. The van der Waals surface area contributed by atoms with Crippen LogP contribution in [0.5, 0.6) is 0 Å². The van der Waals surface area contributed by atoms with Crippen LogP contribution in [0.4, 0.5) is 24.7 Å². The lowest BCUT2D eigenvalue weighted by atomic mass is 10.1. The molecule has 0 saturated carbocycles. The van der Waals surface area contributed by atoms with Gasteiger partial charge < -0.3 is 10.2 Å². The molecule has 148 valence electrons. The second-order valence-electron chi connectivity index (χ2n) is 6.16. The van der Waals surface area contributed by atoms with Gasteiger partial charge in [0.05, 0.1) is 23.6 Å². The van der Waals surface area contributed by atoms with E-state index in [1.807, 2.05) is 0 Å². The Bertz CT molecular complexity index is 1300. The van der Waals surface area contributed by atoms with E-state index in [0.29, 0.717) is 15.5 Å². The van der Waals surface area contributed by atoms with Gasteiger partial charge in [0.1, 0.15) is 6.20 Å². The highest BCUT2D eigenvalue weighted by atomic mass is 19.4. The van der Waals surface area contributed by atoms with Gasteiger partial charge >= 0.3 is 6.18 Å². The van der Waals surface area contributed by atoms with E-state index < -0.39 is 23.3 Å². The molecule has 7 nitrogen and oxygen atoms in total. The van der Waals surface area contributed by atoms with Crippen molar-refractivity contribution in [2.45, 2.75) is 6.18 Å². The summed E-state index contributed by atoms with van der Waals surface area (Å²) in [5.41, 5.74) is -1.64. The molecule has 0 saturated heterocycles. The van der Waals surface area contributed by atoms with E-state index in [-0.39, 0.29) is 17.2 Å². The molecule has 0 bridgehead atoms. The number of nitrogens with zero attached hydrogens (tertiary/aromatic N) is 5. The standard InChI is InChI=1S/C20H11F3N6O/c1-24-17-8-13(6-7-26-17)28-19(30)15-10-27-29(18(15)20(21,22)23)16-11-25-9-12-4-2-3-5-14(12)16/h2-11H,(H,26,28,30). The smallest absolute Gasteiger partial charge is 0.361 e. The van der Waals surface area contributed by atoms with E-state index in [1.165, 1.54) is 30.7 Å². The van der Waals surface area contributed by atoms with Crippen molar-refractivity contribution >= 4 is 28.2 Å². The molecular formula is C20H11F3N6O. The maximum absolute atomic E-state index is 13.9. The molecule has 1 aromatic carbocycles. The number of halogens is 3. The van der Waals surface area contributed by atoms with Crippen molar-refractivity contribution in [1.29, 1.82) is 0 Å². The maximum Gasteiger partial charge on any atom is 0.434 e. The minimum Gasteiger partial charge on any atom is -0.361 e. The number of rotatable bonds is 3. The first-order valence-electron chi connectivity index (χ1n) is 8.51. The van der Waals surface area contributed by atoms with Gasteiger partial charge in [0.25, 0.3) is 11.7 Å². The normalized spacial score (nSPS) is 11.3. The van der Waals surface area contributed by atoms with Crippen LogP contribution in [0.3, 0.4) is 0 Å². The molecule has 0 atom stereocenters. The van der Waals surface area contributed by atoms with Gasteiger partial charge in [-0.2, -0.15) is 18.3 Å². The zero-order valence-corrected chi connectivity index (χ0v) is 15.1. The first kappa shape index (κ1) is 19.1. The summed E-state index contributed by atoms with van der Waals surface area (Å²) in [6.45, 7) is 6.95. The van der Waals surface area contributed by atoms with Gasteiger partial charge in [0.15, 0.2) is 5.69 Å². The number of benzene rings is 1. The Hall–Kier alpha value is -4.26. The summed E-state index contributed by atoms with van der Waals surface area (Å²) in [4.78, 5) is 23.5. The topological polar surface area (TPSA) is 77.1 Å². The minimum absolute atomic E-state index is 0.00127. The van der Waals surface area contributed by atoms with Crippen LogP contribution in [-0.2, 0) is 6.18 Å². The molecule has 0 aliphatic heterocycles. The van der Waals surface area contributed by atoms with Crippen molar-refractivity contribution in [1.82, 2.24) is 19.7 Å². The zero-order valence-electron chi connectivity index (χ0n) is 15.1. The predicted molar refractivity (Wildman–Crippen MR) is 102 cm³/mol. The summed E-state index contributed by atoms with van der Waals surface area (Å²) in [5, 5.41) is 7.33. The molecule has 0 aliphatic rings. The third-order valence-electron chi connectivity index (χ3n) is 4.28. The fourth-order valence-corrected chi connectivity index (χ4v) is 3.00. The third kappa shape index (κ3) is 3.44. The molecule has 0 spiro atoms. The van der Waals surface area contributed by atoms with E-state index in [9.17, 15) is 18.0 Å². The molecule has 0 unspecified atom stereocenters. The first-order chi connectivity index (χ1) is 14.4. The van der Waals surface area contributed by atoms with Crippen molar-refractivity contribution in [2.75, 3.05) is 5.32 Å². The molecule has 30 heavy (non-hydrogen) atoms. The van der Waals surface area contributed by atoms with Crippen LogP contribution < -0.4 is 5.32 Å². The highest BCUT2D eigenvalue weighted by Crippen LogP contribution is 2.35. The minimum atomic E-state index is -4.86. The molecule has 1 N–H and O–H groups in total. The van der Waals surface area contributed by atoms with Gasteiger partial charge in [-0.3, -0.25) is 9.78 Å². The zero-order chi connectivity index (χ0) is 21.3. The van der Waals surface area contributed by atoms with Gasteiger partial charge in [-0.1, -0.05) is 30.8 Å². The quantitative estimate of drug-likeness (QED) is 0.501. The molecule has 1 amide bonds. The van der Waals surface area contributed by atoms with Crippen LogP contribution >= 0.6 is 0 Å². The fraction of sp³-hybridized carbons (Fsp3) is 0.0500. The van der Waals surface area contributed by atoms with Crippen molar-refractivity contribution in [2.24, 2.45) is 0 Å². The number of carbonyl (C=O) groups excluding carboxylic acids is 1. The molecule has 0 fully saturated rings. The van der Waals surface area contributed by atoms with Gasteiger partial charge in [-0.25, -0.2) is 4.68 Å². The molecule has 3 aromatic heterocycles. The SMILES string of the molecule is [C-]#[N+]c1cc(NC(=O)c2cnn(-c3cncc4ccccc34)c2C(F)(F)F)ccn1. The first-order valence-corrected chi connectivity index (χ1v) is 8.51. The number of carbonyl (C=O) groups is 1. The Morgan fingerprint density at radius 3 is 2.70 bits per heavy atom. The van der Waals surface area contributed by atoms with Crippen molar-refractivity contribution in [3.8, 4) is 5.69 Å². The summed E-state index contributed by atoms with van der Waals surface area (Å²) >= 11 is 0. The lowest BCUT2D eigenvalue weighted by Gasteiger charge is -2.14. The number of amides is 1. The number of hydrogen-bond acceptors (Lipinski definition) is 4. The molecular weight excluding hydrogens is 397 g/mol. The van der Waals surface area contributed by atoms with Gasteiger partial charge in [0, 0.05) is 28.7 Å². The second kappa shape index (κ2) is 7.29. The van der Waals surface area contributed by atoms with Crippen LogP contribution in [0.1, 0.15) is 16.1 Å². The number of aromatic nitrogens is 4. The molecule has 0 radical (unpaired) electrons. The summed E-state index contributed by atoms with van der Waals surface area (Å²) in [5.74, 6) is -1.01. The fourth-order valence-electron chi connectivity index (χ4n) is 3.00. The second-order valence-corrected chi connectivity index (χ2v) is 6.16. The summed E-state index contributed by atoms with van der Waals surface area (Å²) < 4.78 is 42.5. The number of alkyl halides is 3. The van der Waals surface area contributed by atoms with E-state index in [1.54, 1.807) is 24.3 Å². The lowest BCUT2D eigenvalue weighted by Crippen LogP contribution is -2.21. The highest BCUT2D eigenvalue weighted by Gasteiger charge is 2.41. The summed E-state index contributed by atoms with van der Waals surface area (Å²) in [6.07, 6.45) is 0.0640. The number of hydrogen-bond donors (Lipinski definition) is 1. The molecule has 10 heteroatoms. The number of fused-ring (bicyclic) bond motifs is 1. The predicted octanol–water partition coefficient (Wildman–Crippen LogP) is 4.64. The average Bonchev–Trinajstić information content (AvgIpc) is 3.19. The maximum atomic E-state index is 13.9. The Kier molecular flexibility index (Phi) is 4.63. The molecule has 3 heterocycles. The van der Waals surface area contributed by atoms with Crippen LogP contribution in [0.25, 0.3) is 21.3 Å². The largest absolute Gasteiger partial charge is 0.434 e. The molecule has 4 aromatic rings. The number of nitrogens with one attached hydrogen (secondary N) is 1. The summed E-state index contributed by atoms with van der Waals surface area (Å²) in [6, 6.07) is 9.43. The number of pyridine rings is 2. The van der Waals surface area contributed by atoms with Crippen molar-refractivity contribution < 1.29 is 18.0 Å². The Balaban J connectivity index is 1.82. The lowest BCUT2D eigenvalue weighted by molar-refractivity contribution is -0.143. The third-order valence-corrected chi connectivity index (χ3v) is 4.28. The summed E-state index contributed by atoms with van der Waals surface area (Å²) in [7, 11) is 0.